The van der Waals surface area contributed by atoms with E-state index in [-0.39, 0.29) is 35.7 Å². The van der Waals surface area contributed by atoms with E-state index in [1.165, 1.54) is 28.8 Å². The van der Waals surface area contributed by atoms with E-state index in [4.69, 9.17) is 5.10 Å². The van der Waals surface area contributed by atoms with E-state index in [2.05, 4.69) is 5.32 Å². The molecule has 1 aliphatic rings. The third-order valence-corrected chi connectivity index (χ3v) is 7.94. The summed E-state index contributed by atoms with van der Waals surface area (Å²) in [4.78, 5) is 28.2. The Morgan fingerprint density at radius 3 is 2.44 bits per heavy atom. The first-order chi connectivity index (χ1) is 18.9. The Morgan fingerprint density at radius 2 is 1.77 bits per heavy atom. The number of aromatic nitrogens is 2. The van der Waals surface area contributed by atoms with Gasteiger partial charge < -0.3 is 5.32 Å². The van der Waals surface area contributed by atoms with Gasteiger partial charge in [-0.25, -0.2) is 13.5 Å². The van der Waals surface area contributed by atoms with E-state index in [0.717, 1.165) is 18.1 Å². The quantitative estimate of drug-likeness (QED) is 0.313. The van der Waals surface area contributed by atoms with Crippen LogP contribution in [-0.4, -0.2) is 39.9 Å². The Hall–Kier alpha value is -3.98. The molecule has 0 fully saturated rings. The van der Waals surface area contributed by atoms with Gasteiger partial charge in [-0.3, -0.25) is 14.5 Å². The van der Waals surface area contributed by atoms with Crippen molar-refractivity contribution < 1.29 is 18.4 Å². The minimum atomic E-state index is -0.708. The van der Waals surface area contributed by atoms with Gasteiger partial charge >= 0.3 is 0 Å². The lowest BCUT2D eigenvalue weighted by Crippen LogP contribution is -2.44. The van der Waals surface area contributed by atoms with Crippen LogP contribution in [0.5, 0.6) is 0 Å². The number of anilines is 1. The topological polar surface area (TPSA) is 67.2 Å². The van der Waals surface area contributed by atoms with E-state index >= 15 is 4.39 Å². The molecule has 200 valence electrons. The zero-order chi connectivity index (χ0) is 27.5. The Morgan fingerprint density at radius 1 is 1.08 bits per heavy atom. The van der Waals surface area contributed by atoms with Crippen LogP contribution in [-0.2, 0) is 9.59 Å². The van der Waals surface area contributed by atoms with E-state index in [9.17, 15) is 14.0 Å². The molecule has 0 aliphatic carbocycles. The van der Waals surface area contributed by atoms with Crippen LogP contribution in [0.15, 0.2) is 78.9 Å². The van der Waals surface area contributed by atoms with Gasteiger partial charge in [0.15, 0.2) is 0 Å². The second kappa shape index (κ2) is 11.4. The summed E-state index contributed by atoms with van der Waals surface area (Å²) in [6, 6.07) is 22.2. The molecule has 5 rings (SSSR count). The van der Waals surface area contributed by atoms with Crippen molar-refractivity contribution in [1.29, 1.82) is 0 Å². The molecule has 2 amide bonds. The Balaban J connectivity index is 1.78. The van der Waals surface area contributed by atoms with Crippen molar-refractivity contribution in [3.8, 4) is 16.9 Å². The van der Waals surface area contributed by atoms with Crippen LogP contribution in [0.3, 0.4) is 0 Å². The fourth-order valence-corrected chi connectivity index (χ4v) is 5.82. The number of carbonyl (C=O) groups excluding carboxylic acids is 2. The number of thioether (sulfide) groups is 1. The standard InChI is InChI=1S/C30H28F2N4O2S/c1-3-19(2)33-25(37)17-35-26(38)18-39-29(23-15-14-21(31)16-24(23)32)27-28(20-10-6-4-7-11-20)34-36(30(27)35)22-12-8-5-9-13-22/h4-16,19,29H,3,17-18H2,1-2H3,(H,33,37). The lowest BCUT2D eigenvalue weighted by atomic mass is 9.99. The molecule has 4 aromatic rings. The van der Waals surface area contributed by atoms with E-state index < -0.39 is 16.9 Å². The molecule has 2 unspecified atom stereocenters. The van der Waals surface area contributed by atoms with E-state index in [0.29, 0.717) is 22.8 Å². The first-order valence-electron chi connectivity index (χ1n) is 12.8. The highest BCUT2D eigenvalue weighted by Crippen LogP contribution is 2.49. The molecular weight excluding hydrogens is 518 g/mol. The fraction of sp³-hybridized carbons (Fsp3) is 0.233. The van der Waals surface area contributed by atoms with Crippen LogP contribution >= 0.6 is 11.8 Å². The summed E-state index contributed by atoms with van der Waals surface area (Å²) in [6.45, 7) is 3.65. The molecule has 0 bridgehead atoms. The fourth-order valence-electron chi connectivity index (χ4n) is 4.60. The average molecular weight is 547 g/mol. The third-order valence-electron chi connectivity index (χ3n) is 6.70. The average Bonchev–Trinajstić information content (AvgIpc) is 3.27. The minimum Gasteiger partial charge on any atom is -0.352 e. The second-order valence-corrected chi connectivity index (χ2v) is 10.5. The molecule has 0 saturated carbocycles. The number of nitrogens with zero attached hydrogens (tertiary/aromatic N) is 3. The van der Waals surface area contributed by atoms with Crippen LogP contribution in [0.1, 0.15) is 36.6 Å². The maximum atomic E-state index is 15.3. The van der Waals surface area contributed by atoms with Gasteiger partial charge in [0.1, 0.15) is 24.0 Å². The summed E-state index contributed by atoms with van der Waals surface area (Å²) >= 11 is 1.24. The normalized spacial score (nSPS) is 15.9. The molecule has 39 heavy (non-hydrogen) atoms. The number of benzene rings is 3. The SMILES string of the molecule is CCC(C)NC(=O)CN1C(=O)CSC(c2ccc(F)cc2F)c2c(-c3ccccc3)nn(-c3ccccc3)c21. The first-order valence-corrected chi connectivity index (χ1v) is 13.8. The van der Waals surface area contributed by atoms with Gasteiger partial charge in [-0.2, -0.15) is 5.10 Å². The highest BCUT2D eigenvalue weighted by molar-refractivity contribution is 8.00. The van der Waals surface area contributed by atoms with Gasteiger partial charge in [-0.05, 0) is 31.5 Å². The van der Waals surface area contributed by atoms with Gasteiger partial charge in [0.2, 0.25) is 11.8 Å². The van der Waals surface area contributed by atoms with Gasteiger partial charge in [-0.1, -0.05) is 61.5 Å². The molecule has 0 radical (unpaired) electrons. The van der Waals surface area contributed by atoms with Gasteiger partial charge in [0.05, 0.1) is 22.4 Å². The summed E-state index contributed by atoms with van der Waals surface area (Å²) in [5.41, 5.74) is 2.84. The molecule has 9 heteroatoms. The zero-order valence-corrected chi connectivity index (χ0v) is 22.4. The third kappa shape index (κ3) is 5.45. The van der Waals surface area contributed by atoms with Crippen LogP contribution in [0.2, 0.25) is 0 Å². The number of nitrogens with one attached hydrogen (secondary N) is 1. The molecule has 1 aromatic heterocycles. The molecule has 1 aliphatic heterocycles. The molecule has 2 atom stereocenters. The number of fused-ring (bicyclic) bond motifs is 1. The molecular formula is C30H28F2N4O2S. The zero-order valence-electron chi connectivity index (χ0n) is 21.6. The lowest BCUT2D eigenvalue weighted by molar-refractivity contribution is -0.123. The van der Waals surface area contributed by atoms with Crippen molar-refractivity contribution >= 4 is 29.4 Å². The van der Waals surface area contributed by atoms with Crippen LogP contribution in [0, 0.1) is 11.6 Å². The van der Waals surface area contributed by atoms with Crippen LogP contribution in [0.4, 0.5) is 14.6 Å². The van der Waals surface area contributed by atoms with Gasteiger partial charge in [0, 0.05) is 28.8 Å². The van der Waals surface area contributed by atoms with E-state index in [1.54, 1.807) is 4.68 Å². The highest BCUT2D eigenvalue weighted by atomic mass is 32.2. The summed E-state index contributed by atoms with van der Waals surface area (Å²) < 4.78 is 30.8. The number of halogens is 2. The monoisotopic (exact) mass is 546 g/mol. The van der Waals surface area contributed by atoms with Crippen molar-refractivity contribution in [2.24, 2.45) is 0 Å². The Labute approximate surface area is 230 Å². The molecule has 1 N–H and O–H groups in total. The largest absolute Gasteiger partial charge is 0.352 e. The van der Waals surface area contributed by atoms with E-state index in [1.807, 2.05) is 74.5 Å². The smallest absolute Gasteiger partial charge is 0.240 e. The van der Waals surface area contributed by atoms with Crippen LogP contribution < -0.4 is 10.2 Å². The van der Waals surface area contributed by atoms with Crippen molar-refractivity contribution in [1.82, 2.24) is 15.1 Å². The first kappa shape index (κ1) is 26.6. The number of carbonyl (C=O) groups is 2. The number of para-hydroxylation sites is 1. The maximum Gasteiger partial charge on any atom is 0.240 e. The Bertz CT molecular complexity index is 1490. The minimum absolute atomic E-state index is 0.00417. The van der Waals surface area contributed by atoms with Crippen LogP contribution in [0.25, 0.3) is 16.9 Å². The van der Waals surface area contributed by atoms with Crippen molar-refractivity contribution in [3.05, 3.63) is 102 Å². The number of amides is 2. The summed E-state index contributed by atoms with van der Waals surface area (Å²) in [5, 5.41) is 7.20. The lowest BCUT2D eigenvalue weighted by Gasteiger charge is -2.24. The summed E-state index contributed by atoms with van der Waals surface area (Å²) in [6.07, 6.45) is 0.743. The molecule has 2 heterocycles. The summed E-state index contributed by atoms with van der Waals surface area (Å²) in [5.74, 6) is -1.61. The van der Waals surface area contributed by atoms with Crippen molar-refractivity contribution in [3.63, 3.8) is 0 Å². The number of hydrogen-bond acceptors (Lipinski definition) is 4. The molecule has 0 saturated heterocycles. The van der Waals surface area contributed by atoms with Crippen molar-refractivity contribution in [2.75, 3.05) is 17.2 Å². The predicted octanol–water partition coefficient (Wildman–Crippen LogP) is 5.90. The molecule has 3 aromatic carbocycles. The molecule has 6 nitrogen and oxygen atoms in total. The predicted molar refractivity (Wildman–Crippen MR) is 150 cm³/mol. The van der Waals surface area contributed by atoms with Crippen molar-refractivity contribution in [2.45, 2.75) is 31.6 Å². The second-order valence-electron chi connectivity index (χ2n) is 9.41. The highest BCUT2D eigenvalue weighted by Gasteiger charge is 2.38. The summed E-state index contributed by atoms with van der Waals surface area (Å²) in [7, 11) is 0. The van der Waals surface area contributed by atoms with Gasteiger partial charge in [-0.15, -0.1) is 11.8 Å². The maximum absolute atomic E-state index is 15.3. The Kier molecular flexibility index (Phi) is 7.79. The molecule has 0 spiro atoms. The van der Waals surface area contributed by atoms with Gasteiger partial charge in [0.25, 0.3) is 0 Å². The number of hydrogen-bond donors (Lipinski definition) is 1. The number of rotatable bonds is 7.